The summed E-state index contributed by atoms with van der Waals surface area (Å²) in [6, 6.07) is 6.20. The number of pyridine rings is 2. The third-order valence-electron chi connectivity index (χ3n) is 5.82. The largest absolute Gasteiger partial charge is 0.496 e. The highest BCUT2D eigenvalue weighted by Crippen LogP contribution is 2.39. The first-order valence-electron chi connectivity index (χ1n) is 11.8. The standard InChI is InChI=1S/C27H23F3N4O7/c1-34(27(36)37)8-9-40-22-12-17-14(10-21(22)39-3)20(5-7-32-17)41-25-16(28)11-18(23(29)24(25)30)33-26(35)15-13-31-6-4-19(15)38-2/h4-7,10-13H,8-9H2,1-3H3,(H,33,35)(H,36,37). The van der Waals surface area contributed by atoms with Crippen LogP contribution in [0.15, 0.2) is 48.9 Å². The third kappa shape index (κ3) is 6.16. The summed E-state index contributed by atoms with van der Waals surface area (Å²) in [5.74, 6) is -6.02. The Morgan fingerprint density at radius 2 is 1.71 bits per heavy atom. The molecule has 11 nitrogen and oxygen atoms in total. The second kappa shape index (κ2) is 12.3. The van der Waals surface area contributed by atoms with E-state index in [1.165, 1.54) is 57.9 Å². The maximum Gasteiger partial charge on any atom is 0.407 e. The van der Waals surface area contributed by atoms with Gasteiger partial charge in [-0.25, -0.2) is 13.6 Å². The number of rotatable bonds is 10. The number of nitrogens with zero attached hydrogens (tertiary/aromatic N) is 3. The molecule has 14 heteroatoms. The molecular formula is C27H23F3N4O7. The summed E-state index contributed by atoms with van der Waals surface area (Å²) >= 11 is 0. The molecule has 0 aliphatic rings. The number of nitrogens with one attached hydrogen (secondary N) is 1. The number of anilines is 1. The van der Waals surface area contributed by atoms with Gasteiger partial charge in [-0.05, 0) is 18.2 Å². The van der Waals surface area contributed by atoms with E-state index in [1.807, 2.05) is 0 Å². The SMILES string of the molecule is COc1cc2c(Oc3c(F)cc(NC(=O)c4cnccc4OC)c(F)c3F)ccnc2cc1OCCN(C)C(=O)O. The highest BCUT2D eigenvalue weighted by Gasteiger charge is 2.24. The summed E-state index contributed by atoms with van der Waals surface area (Å²) in [4.78, 5) is 32.6. The molecule has 4 aromatic rings. The molecule has 214 valence electrons. The lowest BCUT2D eigenvalue weighted by atomic mass is 10.1. The molecule has 0 aliphatic heterocycles. The van der Waals surface area contributed by atoms with Gasteiger partial charge >= 0.3 is 6.09 Å². The van der Waals surface area contributed by atoms with Crippen LogP contribution >= 0.6 is 0 Å². The van der Waals surface area contributed by atoms with Gasteiger partial charge in [0.25, 0.3) is 5.91 Å². The van der Waals surface area contributed by atoms with Crippen LogP contribution in [0.1, 0.15) is 10.4 Å². The van der Waals surface area contributed by atoms with Crippen molar-refractivity contribution in [3.05, 3.63) is 71.9 Å². The number of carbonyl (C=O) groups excluding carboxylic acids is 1. The summed E-state index contributed by atoms with van der Waals surface area (Å²) in [7, 11) is 4.05. The first-order chi connectivity index (χ1) is 19.6. The van der Waals surface area contributed by atoms with Gasteiger partial charge in [0.2, 0.25) is 11.6 Å². The topological polar surface area (TPSA) is 132 Å². The number of halogens is 3. The number of likely N-dealkylation sites (N-methyl/N-ethyl adjacent to an activating group) is 1. The fourth-order valence-electron chi connectivity index (χ4n) is 3.67. The minimum atomic E-state index is -1.68. The average Bonchev–Trinajstić information content (AvgIpc) is 2.97. The normalized spacial score (nSPS) is 10.7. The van der Waals surface area contributed by atoms with Gasteiger partial charge in [-0.1, -0.05) is 0 Å². The third-order valence-corrected chi connectivity index (χ3v) is 5.82. The average molecular weight is 572 g/mol. The molecule has 0 atom stereocenters. The van der Waals surface area contributed by atoms with Crippen molar-refractivity contribution in [1.82, 2.24) is 14.9 Å². The van der Waals surface area contributed by atoms with Crippen molar-refractivity contribution in [3.63, 3.8) is 0 Å². The zero-order valence-electron chi connectivity index (χ0n) is 21.9. The van der Waals surface area contributed by atoms with E-state index >= 15 is 8.78 Å². The van der Waals surface area contributed by atoms with Gasteiger partial charge in [0.1, 0.15) is 18.1 Å². The summed E-state index contributed by atoms with van der Waals surface area (Å²) in [6.07, 6.45) is 2.70. The number of carboxylic acid groups (broad SMARTS) is 1. The molecule has 0 radical (unpaired) electrons. The number of hydrogen-bond donors (Lipinski definition) is 2. The monoisotopic (exact) mass is 572 g/mol. The van der Waals surface area contributed by atoms with Gasteiger partial charge in [0, 0.05) is 43.2 Å². The molecule has 0 aliphatic carbocycles. The smallest absolute Gasteiger partial charge is 0.407 e. The van der Waals surface area contributed by atoms with E-state index in [-0.39, 0.29) is 52.6 Å². The lowest BCUT2D eigenvalue weighted by molar-refractivity contribution is 0.102. The molecule has 2 amide bonds. The van der Waals surface area contributed by atoms with E-state index in [0.717, 1.165) is 11.1 Å². The predicted molar refractivity (Wildman–Crippen MR) is 140 cm³/mol. The Balaban J connectivity index is 1.61. The zero-order chi connectivity index (χ0) is 29.7. The summed E-state index contributed by atoms with van der Waals surface area (Å²) < 4.78 is 66.5. The lowest BCUT2D eigenvalue weighted by Gasteiger charge is -2.17. The number of aromatic nitrogens is 2. The van der Waals surface area contributed by atoms with Crippen LogP contribution in [0.5, 0.6) is 28.7 Å². The number of amides is 2. The number of ether oxygens (including phenoxy) is 4. The number of hydrogen-bond acceptors (Lipinski definition) is 8. The summed E-state index contributed by atoms with van der Waals surface area (Å²) in [5.41, 5.74) is -0.565. The van der Waals surface area contributed by atoms with Crippen molar-refractivity contribution in [1.29, 1.82) is 0 Å². The van der Waals surface area contributed by atoms with Crippen molar-refractivity contribution in [2.75, 3.05) is 39.7 Å². The van der Waals surface area contributed by atoms with E-state index in [1.54, 1.807) is 0 Å². The molecule has 4 rings (SSSR count). The van der Waals surface area contributed by atoms with Gasteiger partial charge in [-0.3, -0.25) is 14.8 Å². The number of fused-ring (bicyclic) bond motifs is 1. The minimum Gasteiger partial charge on any atom is -0.496 e. The van der Waals surface area contributed by atoms with Crippen LogP contribution in [0.25, 0.3) is 10.9 Å². The summed E-state index contributed by atoms with van der Waals surface area (Å²) in [6.45, 7) is 0.0798. The first kappa shape index (κ1) is 28.7. The van der Waals surface area contributed by atoms with Crippen molar-refractivity contribution in [2.24, 2.45) is 0 Å². The van der Waals surface area contributed by atoms with Crippen LogP contribution in [-0.2, 0) is 0 Å². The molecule has 0 spiro atoms. The van der Waals surface area contributed by atoms with E-state index in [2.05, 4.69) is 15.3 Å². The molecule has 2 aromatic carbocycles. The molecule has 0 bridgehead atoms. The van der Waals surface area contributed by atoms with Crippen molar-refractivity contribution in [2.45, 2.75) is 0 Å². The molecule has 0 fully saturated rings. The first-order valence-corrected chi connectivity index (χ1v) is 11.8. The van der Waals surface area contributed by atoms with Crippen LogP contribution < -0.4 is 24.3 Å². The van der Waals surface area contributed by atoms with Crippen LogP contribution in [-0.4, -0.2) is 66.4 Å². The maximum absolute atomic E-state index is 15.0. The Kier molecular flexibility index (Phi) is 8.60. The minimum absolute atomic E-state index is 0.00695. The van der Waals surface area contributed by atoms with Crippen molar-refractivity contribution in [3.8, 4) is 28.7 Å². The Morgan fingerprint density at radius 1 is 0.976 bits per heavy atom. The van der Waals surface area contributed by atoms with E-state index in [0.29, 0.717) is 6.07 Å². The van der Waals surface area contributed by atoms with Crippen LogP contribution in [0, 0.1) is 17.5 Å². The fraction of sp³-hybridized carbons (Fsp3) is 0.185. The van der Waals surface area contributed by atoms with Crippen molar-refractivity contribution >= 4 is 28.6 Å². The molecular weight excluding hydrogens is 549 g/mol. The second-order valence-corrected chi connectivity index (χ2v) is 8.38. The molecule has 2 N–H and O–H groups in total. The van der Waals surface area contributed by atoms with Gasteiger partial charge in [0.05, 0.1) is 37.5 Å². The van der Waals surface area contributed by atoms with Crippen molar-refractivity contribution < 1.29 is 46.8 Å². The maximum atomic E-state index is 15.0. The summed E-state index contributed by atoms with van der Waals surface area (Å²) in [5, 5.41) is 11.3. The molecule has 0 saturated carbocycles. The molecule has 2 heterocycles. The Hall–Kier alpha value is -5.27. The van der Waals surface area contributed by atoms with E-state index < -0.39 is 40.9 Å². The lowest BCUT2D eigenvalue weighted by Crippen LogP contribution is -2.29. The predicted octanol–water partition coefficient (Wildman–Crippen LogP) is 5.10. The van der Waals surface area contributed by atoms with E-state index in [4.69, 9.17) is 24.1 Å². The van der Waals surface area contributed by atoms with Gasteiger partial charge in [0.15, 0.2) is 23.1 Å². The second-order valence-electron chi connectivity index (χ2n) is 8.38. The quantitative estimate of drug-likeness (QED) is 0.249. The van der Waals surface area contributed by atoms with Gasteiger partial charge in [-0.2, -0.15) is 4.39 Å². The molecule has 0 unspecified atom stereocenters. The molecule has 0 saturated heterocycles. The Labute approximate surface area is 231 Å². The molecule has 41 heavy (non-hydrogen) atoms. The highest BCUT2D eigenvalue weighted by atomic mass is 19.2. The fourth-order valence-corrected chi connectivity index (χ4v) is 3.67. The number of carbonyl (C=O) groups is 2. The van der Waals surface area contributed by atoms with Crippen LogP contribution in [0.2, 0.25) is 0 Å². The molecule has 2 aromatic heterocycles. The van der Waals surface area contributed by atoms with Gasteiger partial charge < -0.3 is 34.3 Å². The van der Waals surface area contributed by atoms with Crippen LogP contribution in [0.4, 0.5) is 23.7 Å². The highest BCUT2D eigenvalue weighted by molar-refractivity contribution is 6.06. The van der Waals surface area contributed by atoms with Crippen LogP contribution in [0.3, 0.4) is 0 Å². The number of methoxy groups -OCH3 is 2. The Morgan fingerprint density at radius 3 is 2.41 bits per heavy atom. The van der Waals surface area contributed by atoms with E-state index in [9.17, 15) is 14.0 Å². The number of benzene rings is 2. The van der Waals surface area contributed by atoms with Gasteiger partial charge in [-0.15, -0.1) is 0 Å². The Bertz CT molecular complexity index is 1620. The zero-order valence-corrected chi connectivity index (χ0v) is 21.9.